The number of primary amides is 1. The third kappa shape index (κ3) is 7.55. The van der Waals surface area contributed by atoms with Crippen LogP contribution >= 0.6 is 11.6 Å². The zero-order chi connectivity index (χ0) is 28.9. The maximum absolute atomic E-state index is 13.5. The van der Waals surface area contributed by atoms with Crippen LogP contribution in [0.4, 0.5) is 5.69 Å². The normalized spacial score (nSPS) is 12.1. The Labute approximate surface area is 231 Å². The summed E-state index contributed by atoms with van der Waals surface area (Å²) in [6, 6.07) is 11.2. The fourth-order valence-corrected chi connectivity index (χ4v) is 4.18. The van der Waals surface area contributed by atoms with E-state index in [0.717, 1.165) is 0 Å². The number of pyridine rings is 1. The molecule has 1 atom stereocenters. The van der Waals surface area contributed by atoms with E-state index in [9.17, 15) is 19.2 Å². The fraction of sp³-hybridized carbons (Fsp3) is 0.310. The van der Waals surface area contributed by atoms with Gasteiger partial charge in [0.25, 0.3) is 5.56 Å². The number of ketones is 1. The van der Waals surface area contributed by atoms with Crippen molar-refractivity contribution in [3.05, 3.63) is 81.2 Å². The van der Waals surface area contributed by atoms with Crippen molar-refractivity contribution >= 4 is 34.9 Å². The van der Waals surface area contributed by atoms with Crippen LogP contribution in [0.15, 0.2) is 59.5 Å². The monoisotopic (exact) mass is 553 g/mol. The lowest BCUT2D eigenvalue weighted by molar-refractivity contribution is -0.120. The Morgan fingerprint density at radius 2 is 1.72 bits per heavy atom. The van der Waals surface area contributed by atoms with Gasteiger partial charge in [0.15, 0.2) is 5.78 Å². The molecule has 3 aromatic rings. The van der Waals surface area contributed by atoms with Crippen LogP contribution in [0, 0.1) is 0 Å². The number of nitrogens with zero attached hydrogens (tertiary/aromatic N) is 1. The summed E-state index contributed by atoms with van der Waals surface area (Å²) in [5.74, 6) is -0.980. The first-order chi connectivity index (χ1) is 18.3. The standard InChI is InChI=1S/C29H32ClN3O6/c1-17(34)21-11-8-19(30)14-22(21)23-15-26(35)33(16-25(23)38-5)24(12-13-39-29(2,3)4)28(37)32-20-9-6-18(7-10-20)27(31)36/h6-11,14-16,24H,12-13H2,1-5H3,(H2,31,36)(H,32,37)/t24-/m0/s1. The highest BCUT2D eigenvalue weighted by Crippen LogP contribution is 2.34. The average Bonchev–Trinajstić information content (AvgIpc) is 2.86. The molecule has 0 unspecified atom stereocenters. The molecule has 3 N–H and O–H groups in total. The highest BCUT2D eigenvalue weighted by atomic mass is 35.5. The molecule has 0 spiro atoms. The molecule has 9 nitrogen and oxygen atoms in total. The SMILES string of the molecule is COc1cn([C@@H](CCOC(C)(C)C)C(=O)Nc2ccc(C(N)=O)cc2)c(=O)cc1-c1cc(Cl)ccc1C(C)=O. The number of methoxy groups -OCH3 is 1. The van der Waals surface area contributed by atoms with E-state index in [1.54, 1.807) is 30.3 Å². The lowest BCUT2D eigenvalue weighted by atomic mass is 9.97. The first kappa shape index (κ1) is 29.6. The average molecular weight is 554 g/mol. The predicted octanol–water partition coefficient (Wildman–Crippen LogP) is 4.86. The molecule has 2 amide bonds. The van der Waals surface area contributed by atoms with Crippen LogP contribution in [0.3, 0.4) is 0 Å². The summed E-state index contributed by atoms with van der Waals surface area (Å²) >= 11 is 6.20. The molecular formula is C29H32ClN3O6. The zero-order valence-corrected chi connectivity index (χ0v) is 23.3. The molecule has 0 aliphatic heterocycles. The first-order valence-corrected chi connectivity index (χ1v) is 12.6. The molecule has 206 valence electrons. The number of rotatable bonds is 10. The van der Waals surface area contributed by atoms with Gasteiger partial charge in [-0.3, -0.25) is 23.7 Å². The second kappa shape index (κ2) is 12.3. The topological polar surface area (TPSA) is 130 Å². The molecule has 39 heavy (non-hydrogen) atoms. The van der Waals surface area contributed by atoms with Gasteiger partial charge in [-0.2, -0.15) is 0 Å². The molecule has 0 bridgehead atoms. The van der Waals surface area contributed by atoms with Crippen molar-refractivity contribution < 1.29 is 23.9 Å². The van der Waals surface area contributed by atoms with Gasteiger partial charge < -0.3 is 20.5 Å². The van der Waals surface area contributed by atoms with Gasteiger partial charge in [-0.15, -0.1) is 0 Å². The minimum Gasteiger partial charge on any atom is -0.495 e. The molecule has 0 radical (unpaired) electrons. The molecule has 3 rings (SSSR count). The maximum Gasteiger partial charge on any atom is 0.252 e. The second-order valence-electron chi connectivity index (χ2n) is 9.94. The van der Waals surface area contributed by atoms with E-state index in [4.69, 9.17) is 26.8 Å². The van der Waals surface area contributed by atoms with E-state index in [0.29, 0.717) is 33.0 Å². The van der Waals surface area contributed by atoms with Crippen molar-refractivity contribution in [1.82, 2.24) is 4.57 Å². The van der Waals surface area contributed by atoms with Crippen LogP contribution in [0.2, 0.25) is 5.02 Å². The Bertz CT molecular complexity index is 1440. The number of nitrogens with one attached hydrogen (secondary N) is 1. The number of aromatic nitrogens is 1. The molecule has 0 saturated carbocycles. The molecular weight excluding hydrogens is 522 g/mol. The molecule has 0 aliphatic carbocycles. The minimum atomic E-state index is -0.967. The van der Waals surface area contributed by atoms with E-state index < -0.39 is 29.0 Å². The Kier molecular flexibility index (Phi) is 9.32. The number of hydrogen-bond acceptors (Lipinski definition) is 6. The highest BCUT2D eigenvalue weighted by molar-refractivity contribution is 6.31. The van der Waals surface area contributed by atoms with Crippen LogP contribution in [0.1, 0.15) is 60.9 Å². The summed E-state index contributed by atoms with van der Waals surface area (Å²) in [6.07, 6.45) is 1.63. The van der Waals surface area contributed by atoms with E-state index in [1.807, 2.05) is 20.8 Å². The largest absolute Gasteiger partial charge is 0.495 e. The molecule has 1 heterocycles. The number of halogens is 1. The van der Waals surface area contributed by atoms with Crippen molar-refractivity contribution in [2.75, 3.05) is 19.0 Å². The van der Waals surface area contributed by atoms with E-state index in [2.05, 4.69) is 5.32 Å². The third-order valence-electron chi connectivity index (χ3n) is 5.92. The van der Waals surface area contributed by atoms with Crippen molar-refractivity contribution in [2.45, 2.75) is 45.8 Å². The lowest BCUT2D eigenvalue weighted by Crippen LogP contribution is -2.34. The quantitative estimate of drug-likeness (QED) is 0.345. The number of amides is 2. The molecule has 10 heteroatoms. The van der Waals surface area contributed by atoms with Crippen LogP contribution in [-0.2, 0) is 9.53 Å². The van der Waals surface area contributed by atoms with Crippen LogP contribution in [0.25, 0.3) is 11.1 Å². The fourth-order valence-electron chi connectivity index (χ4n) is 4.01. The summed E-state index contributed by atoms with van der Waals surface area (Å²) < 4.78 is 12.7. The minimum absolute atomic E-state index is 0.181. The predicted molar refractivity (Wildman–Crippen MR) is 151 cm³/mol. The summed E-state index contributed by atoms with van der Waals surface area (Å²) in [5, 5.41) is 3.18. The van der Waals surface area contributed by atoms with Crippen molar-refractivity contribution in [2.24, 2.45) is 5.73 Å². The summed E-state index contributed by atoms with van der Waals surface area (Å²) in [5.41, 5.74) is 6.28. The Balaban J connectivity index is 2.05. The zero-order valence-electron chi connectivity index (χ0n) is 22.5. The smallest absolute Gasteiger partial charge is 0.252 e. The second-order valence-corrected chi connectivity index (χ2v) is 10.4. The van der Waals surface area contributed by atoms with Crippen LogP contribution in [0.5, 0.6) is 5.75 Å². The van der Waals surface area contributed by atoms with E-state index in [-0.39, 0.29) is 24.6 Å². The van der Waals surface area contributed by atoms with Crippen molar-refractivity contribution in [3.8, 4) is 16.9 Å². The van der Waals surface area contributed by atoms with Crippen LogP contribution < -0.4 is 21.3 Å². The van der Waals surface area contributed by atoms with Gasteiger partial charge in [0.2, 0.25) is 11.8 Å². The van der Waals surface area contributed by atoms with E-state index in [1.165, 1.54) is 43.0 Å². The number of Topliss-reactive ketones (excluding diaryl/α,β-unsaturated/α-hetero) is 1. The number of ether oxygens (including phenoxy) is 2. The summed E-state index contributed by atoms with van der Waals surface area (Å²) in [4.78, 5) is 50.6. The van der Waals surface area contributed by atoms with Gasteiger partial charge in [-0.05, 0) is 75.7 Å². The highest BCUT2D eigenvalue weighted by Gasteiger charge is 2.25. The van der Waals surface area contributed by atoms with Crippen molar-refractivity contribution in [1.29, 1.82) is 0 Å². The molecule has 0 fully saturated rings. The third-order valence-corrected chi connectivity index (χ3v) is 6.15. The van der Waals surface area contributed by atoms with Gasteiger partial charge in [0, 0.05) is 46.5 Å². The lowest BCUT2D eigenvalue weighted by Gasteiger charge is -2.24. The van der Waals surface area contributed by atoms with Crippen molar-refractivity contribution in [3.63, 3.8) is 0 Å². The number of carbonyl (C=O) groups excluding carboxylic acids is 3. The summed E-state index contributed by atoms with van der Waals surface area (Å²) in [7, 11) is 1.43. The summed E-state index contributed by atoms with van der Waals surface area (Å²) in [6.45, 7) is 7.30. The number of anilines is 1. The number of carbonyl (C=O) groups is 3. The maximum atomic E-state index is 13.5. The first-order valence-electron chi connectivity index (χ1n) is 12.3. The van der Waals surface area contributed by atoms with E-state index >= 15 is 0 Å². The number of hydrogen-bond donors (Lipinski definition) is 2. The number of benzene rings is 2. The Hall–Kier alpha value is -3.95. The Morgan fingerprint density at radius 3 is 2.28 bits per heavy atom. The molecule has 1 aromatic heterocycles. The number of nitrogens with two attached hydrogens (primary N) is 1. The van der Waals surface area contributed by atoms with Gasteiger partial charge in [-0.25, -0.2) is 0 Å². The van der Waals surface area contributed by atoms with Gasteiger partial charge >= 0.3 is 0 Å². The molecule has 2 aromatic carbocycles. The van der Waals surface area contributed by atoms with Crippen LogP contribution in [-0.4, -0.2) is 41.5 Å². The Morgan fingerprint density at radius 1 is 1.05 bits per heavy atom. The van der Waals surface area contributed by atoms with Gasteiger partial charge in [0.05, 0.1) is 18.9 Å². The molecule has 0 aliphatic rings. The molecule has 0 saturated heterocycles. The van der Waals surface area contributed by atoms with Gasteiger partial charge in [0.1, 0.15) is 11.8 Å². The van der Waals surface area contributed by atoms with Gasteiger partial charge in [-0.1, -0.05) is 11.6 Å².